The summed E-state index contributed by atoms with van der Waals surface area (Å²) in [6, 6.07) is 14.5. The third-order valence-corrected chi connectivity index (χ3v) is 3.36. The van der Waals surface area contributed by atoms with Crippen molar-refractivity contribution in [1.82, 2.24) is 4.98 Å². The third-order valence-electron chi connectivity index (χ3n) is 3.36. The van der Waals surface area contributed by atoms with Crippen molar-refractivity contribution in [2.45, 2.75) is 0 Å². The Labute approximate surface area is 121 Å². The number of aromatic carboxylic acids is 1. The van der Waals surface area contributed by atoms with Gasteiger partial charge in [-0.25, -0.2) is 4.79 Å². The van der Waals surface area contributed by atoms with Gasteiger partial charge in [0.1, 0.15) is 0 Å². The molecule has 0 saturated carbocycles. The molecule has 1 heterocycles. The van der Waals surface area contributed by atoms with Crippen molar-refractivity contribution in [3.8, 4) is 11.3 Å². The first kappa shape index (κ1) is 13.0. The molecule has 0 spiro atoms. The first-order valence-corrected chi connectivity index (χ1v) is 6.42. The van der Waals surface area contributed by atoms with Crippen LogP contribution >= 0.6 is 0 Å². The van der Waals surface area contributed by atoms with Gasteiger partial charge in [0.25, 0.3) is 0 Å². The molecule has 102 valence electrons. The molecule has 4 heteroatoms. The summed E-state index contributed by atoms with van der Waals surface area (Å²) in [6.07, 6.45) is 2.87. The monoisotopic (exact) mass is 276 g/mol. The average Bonchev–Trinajstić information content (AvgIpc) is 2.54. The van der Waals surface area contributed by atoms with Gasteiger partial charge in [-0.2, -0.15) is 0 Å². The van der Waals surface area contributed by atoms with Crippen molar-refractivity contribution in [3.05, 3.63) is 65.9 Å². The van der Waals surface area contributed by atoms with E-state index < -0.39 is 5.97 Å². The summed E-state index contributed by atoms with van der Waals surface area (Å²) >= 11 is 0. The molecule has 0 aliphatic heterocycles. The van der Waals surface area contributed by atoms with Crippen LogP contribution in [0.25, 0.3) is 22.0 Å². The smallest absolute Gasteiger partial charge is 0.335 e. The van der Waals surface area contributed by atoms with Crippen LogP contribution in [0, 0.1) is 5.41 Å². The Bertz CT molecular complexity index is 839. The van der Waals surface area contributed by atoms with Gasteiger partial charge in [-0.05, 0) is 35.0 Å². The minimum absolute atomic E-state index is 0.256. The maximum absolute atomic E-state index is 11.1. The molecule has 2 aromatic carbocycles. The number of hydrogen-bond donors (Lipinski definition) is 2. The van der Waals surface area contributed by atoms with Crippen molar-refractivity contribution in [1.29, 1.82) is 5.41 Å². The molecule has 0 amide bonds. The minimum Gasteiger partial charge on any atom is -0.478 e. The molecule has 2 N–H and O–H groups in total. The summed E-state index contributed by atoms with van der Waals surface area (Å²) in [5.41, 5.74) is 2.62. The highest BCUT2D eigenvalue weighted by molar-refractivity contribution is 6.00. The van der Waals surface area contributed by atoms with Gasteiger partial charge in [0, 0.05) is 23.5 Å². The Hall–Kier alpha value is -3.01. The summed E-state index contributed by atoms with van der Waals surface area (Å²) in [6.45, 7) is 0. The highest BCUT2D eigenvalue weighted by Crippen LogP contribution is 2.28. The van der Waals surface area contributed by atoms with Gasteiger partial charge >= 0.3 is 5.97 Å². The topological polar surface area (TPSA) is 74.0 Å². The fraction of sp³-hybridized carbons (Fsp3) is 0. The first-order chi connectivity index (χ1) is 10.2. The standard InChI is InChI=1S/C17H12N2O2/c18-9-11-4-7-16(19-10-11)14-3-1-2-12-5-6-13(17(20)21)8-15(12)14/h1-10,18H,(H,20,21). The Kier molecular flexibility index (Phi) is 3.20. The largest absolute Gasteiger partial charge is 0.478 e. The number of carbonyl (C=O) groups is 1. The lowest BCUT2D eigenvalue weighted by atomic mass is 9.99. The van der Waals surface area contributed by atoms with Crippen LogP contribution in [0.4, 0.5) is 0 Å². The van der Waals surface area contributed by atoms with Crippen LogP contribution in [0.5, 0.6) is 0 Å². The van der Waals surface area contributed by atoms with Gasteiger partial charge in [0.15, 0.2) is 0 Å². The van der Waals surface area contributed by atoms with Crippen LogP contribution in [0.2, 0.25) is 0 Å². The second kappa shape index (κ2) is 5.17. The minimum atomic E-state index is -0.946. The molecule has 0 bridgehead atoms. The number of nitrogens with zero attached hydrogens (tertiary/aromatic N) is 1. The maximum Gasteiger partial charge on any atom is 0.335 e. The molecule has 4 nitrogen and oxygen atoms in total. The lowest BCUT2D eigenvalue weighted by molar-refractivity contribution is 0.0697. The maximum atomic E-state index is 11.1. The van der Waals surface area contributed by atoms with Crippen LogP contribution in [0.15, 0.2) is 54.7 Å². The van der Waals surface area contributed by atoms with Gasteiger partial charge in [-0.15, -0.1) is 0 Å². The van der Waals surface area contributed by atoms with Gasteiger partial charge in [-0.3, -0.25) is 4.98 Å². The number of aromatic nitrogens is 1. The van der Waals surface area contributed by atoms with E-state index in [0.717, 1.165) is 27.6 Å². The molecular weight excluding hydrogens is 264 g/mol. The Morgan fingerprint density at radius 1 is 1.14 bits per heavy atom. The molecule has 0 fully saturated rings. The van der Waals surface area contributed by atoms with Crippen LogP contribution in [0.1, 0.15) is 15.9 Å². The molecule has 3 aromatic rings. The van der Waals surface area contributed by atoms with Gasteiger partial charge in [0.2, 0.25) is 0 Å². The van der Waals surface area contributed by atoms with E-state index in [1.165, 1.54) is 6.21 Å². The van der Waals surface area contributed by atoms with Crippen molar-refractivity contribution in [2.24, 2.45) is 0 Å². The van der Waals surface area contributed by atoms with Crippen LogP contribution < -0.4 is 0 Å². The van der Waals surface area contributed by atoms with E-state index in [0.29, 0.717) is 0 Å². The van der Waals surface area contributed by atoms with Crippen LogP contribution in [-0.2, 0) is 0 Å². The zero-order valence-electron chi connectivity index (χ0n) is 11.1. The van der Waals surface area contributed by atoms with E-state index in [2.05, 4.69) is 4.98 Å². The number of carboxylic acids is 1. The summed E-state index contributed by atoms with van der Waals surface area (Å²) < 4.78 is 0. The number of pyridine rings is 1. The number of nitrogens with one attached hydrogen (secondary N) is 1. The molecule has 3 rings (SSSR count). The number of fused-ring (bicyclic) bond motifs is 1. The first-order valence-electron chi connectivity index (χ1n) is 6.42. The highest BCUT2D eigenvalue weighted by Gasteiger charge is 2.08. The molecule has 1 aromatic heterocycles. The van der Waals surface area contributed by atoms with Crippen molar-refractivity contribution >= 4 is 23.0 Å². The van der Waals surface area contributed by atoms with E-state index in [-0.39, 0.29) is 5.56 Å². The Morgan fingerprint density at radius 2 is 2.00 bits per heavy atom. The average molecular weight is 276 g/mol. The zero-order chi connectivity index (χ0) is 14.8. The van der Waals surface area contributed by atoms with E-state index in [1.807, 2.05) is 30.3 Å². The predicted octanol–water partition coefficient (Wildman–Crippen LogP) is 3.60. The van der Waals surface area contributed by atoms with E-state index in [9.17, 15) is 4.79 Å². The van der Waals surface area contributed by atoms with Crippen LogP contribution in [-0.4, -0.2) is 22.3 Å². The lowest BCUT2D eigenvalue weighted by Crippen LogP contribution is -1.96. The number of rotatable bonds is 3. The molecule has 0 aliphatic carbocycles. The quantitative estimate of drug-likeness (QED) is 0.718. The number of carboxylic acid groups (broad SMARTS) is 1. The predicted molar refractivity (Wildman–Crippen MR) is 82.0 cm³/mol. The summed E-state index contributed by atoms with van der Waals surface area (Å²) in [5.74, 6) is -0.946. The van der Waals surface area contributed by atoms with Crippen molar-refractivity contribution in [2.75, 3.05) is 0 Å². The molecule has 0 unspecified atom stereocenters. The second-order valence-electron chi connectivity index (χ2n) is 4.67. The van der Waals surface area contributed by atoms with E-state index in [4.69, 9.17) is 10.5 Å². The SMILES string of the molecule is N=Cc1ccc(-c2cccc3ccc(C(=O)O)cc23)nc1. The summed E-state index contributed by atoms with van der Waals surface area (Å²) in [4.78, 5) is 15.5. The number of hydrogen-bond acceptors (Lipinski definition) is 3. The molecule has 0 radical (unpaired) electrons. The molecule has 0 aliphatic rings. The fourth-order valence-electron chi connectivity index (χ4n) is 2.28. The highest BCUT2D eigenvalue weighted by atomic mass is 16.4. The zero-order valence-corrected chi connectivity index (χ0v) is 11.1. The lowest BCUT2D eigenvalue weighted by Gasteiger charge is -2.07. The van der Waals surface area contributed by atoms with Crippen molar-refractivity contribution in [3.63, 3.8) is 0 Å². The van der Waals surface area contributed by atoms with Crippen LogP contribution in [0.3, 0.4) is 0 Å². The summed E-state index contributed by atoms with van der Waals surface area (Å²) in [7, 11) is 0. The molecule has 0 saturated heterocycles. The van der Waals surface area contributed by atoms with E-state index in [1.54, 1.807) is 24.4 Å². The fourth-order valence-corrected chi connectivity index (χ4v) is 2.28. The Balaban J connectivity index is 2.22. The summed E-state index contributed by atoms with van der Waals surface area (Å²) in [5, 5.41) is 18.2. The number of benzene rings is 2. The van der Waals surface area contributed by atoms with Gasteiger partial charge in [-0.1, -0.05) is 24.3 Å². The molecule has 21 heavy (non-hydrogen) atoms. The third kappa shape index (κ3) is 2.39. The Morgan fingerprint density at radius 3 is 2.67 bits per heavy atom. The van der Waals surface area contributed by atoms with E-state index >= 15 is 0 Å². The van der Waals surface area contributed by atoms with Gasteiger partial charge < -0.3 is 10.5 Å². The molecule has 0 atom stereocenters. The normalized spacial score (nSPS) is 10.5. The second-order valence-corrected chi connectivity index (χ2v) is 4.67. The van der Waals surface area contributed by atoms with Crippen molar-refractivity contribution < 1.29 is 9.90 Å². The molecular formula is C17H12N2O2. The van der Waals surface area contributed by atoms with Gasteiger partial charge in [0.05, 0.1) is 11.3 Å².